The summed E-state index contributed by atoms with van der Waals surface area (Å²) in [6.45, 7) is 3.14. The fourth-order valence-corrected chi connectivity index (χ4v) is 1.12. The van der Waals surface area contributed by atoms with Crippen molar-refractivity contribution in [1.29, 1.82) is 0 Å². The zero-order chi connectivity index (χ0) is 9.52. The first-order valence-corrected chi connectivity index (χ1v) is 4.38. The molecule has 0 aliphatic carbocycles. The summed E-state index contributed by atoms with van der Waals surface area (Å²) in [5.74, 6) is 2.47. The molecule has 1 saturated heterocycles. The zero-order valence-electron chi connectivity index (χ0n) is 7.58. The van der Waals surface area contributed by atoms with E-state index in [9.17, 15) is 4.79 Å². The van der Waals surface area contributed by atoms with Gasteiger partial charge >= 0.3 is 6.03 Å². The van der Waals surface area contributed by atoms with E-state index in [4.69, 9.17) is 11.2 Å². The minimum atomic E-state index is -0.0430. The first-order valence-electron chi connectivity index (χ1n) is 4.38. The maximum Gasteiger partial charge on any atom is 0.317 e. The van der Waals surface area contributed by atoms with E-state index in [2.05, 4.69) is 11.2 Å². The minimum absolute atomic E-state index is 0.0430. The highest BCUT2D eigenvalue weighted by Gasteiger charge is 2.15. The molecule has 0 unspecified atom stereocenters. The van der Waals surface area contributed by atoms with E-state index in [1.165, 1.54) is 0 Å². The molecule has 1 heterocycles. The molecular weight excluding hydrogens is 168 g/mol. The van der Waals surface area contributed by atoms with Crippen molar-refractivity contribution in [1.82, 2.24) is 10.2 Å². The smallest absolute Gasteiger partial charge is 0.317 e. The van der Waals surface area contributed by atoms with Gasteiger partial charge in [0, 0.05) is 26.1 Å². The molecule has 1 aliphatic heterocycles. The van der Waals surface area contributed by atoms with Gasteiger partial charge in [-0.15, -0.1) is 12.3 Å². The third-order valence-electron chi connectivity index (χ3n) is 1.84. The van der Waals surface area contributed by atoms with E-state index in [1.807, 2.05) is 0 Å². The van der Waals surface area contributed by atoms with Crippen LogP contribution < -0.4 is 5.32 Å². The number of terminal acetylenes is 1. The molecule has 0 radical (unpaired) electrons. The Morgan fingerprint density at radius 2 is 2.23 bits per heavy atom. The topological polar surface area (TPSA) is 41.6 Å². The van der Waals surface area contributed by atoms with Gasteiger partial charge in [-0.05, 0) is 0 Å². The molecule has 1 fully saturated rings. The Morgan fingerprint density at radius 1 is 1.54 bits per heavy atom. The van der Waals surface area contributed by atoms with Gasteiger partial charge in [0.1, 0.15) is 0 Å². The van der Waals surface area contributed by atoms with Gasteiger partial charge in [-0.2, -0.15) is 0 Å². The second-order valence-electron chi connectivity index (χ2n) is 2.79. The van der Waals surface area contributed by atoms with E-state index < -0.39 is 0 Å². The number of amides is 2. The Balaban J connectivity index is 2.18. The fraction of sp³-hybridized carbons (Fsp3) is 0.667. The predicted molar refractivity (Wildman–Crippen MR) is 49.2 cm³/mol. The summed E-state index contributed by atoms with van der Waals surface area (Å²) in [6.07, 6.45) is 5.64. The van der Waals surface area contributed by atoms with Crippen LogP contribution in [0.5, 0.6) is 0 Å². The maximum atomic E-state index is 11.4. The number of hydrogen-bond acceptors (Lipinski definition) is 2. The number of hydrogen-bond donors (Lipinski definition) is 1. The highest BCUT2D eigenvalue weighted by Crippen LogP contribution is 1.96. The van der Waals surface area contributed by atoms with Crippen molar-refractivity contribution in [2.45, 2.75) is 6.42 Å². The van der Waals surface area contributed by atoms with Gasteiger partial charge in [-0.3, -0.25) is 0 Å². The molecule has 13 heavy (non-hydrogen) atoms. The Bertz CT molecular complexity index is 204. The third kappa shape index (κ3) is 3.34. The van der Waals surface area contributed by atoms with Crippen LogP contribution in [0.4, 0.5) is 4.79 Å². The summed E-state index contributed by atoms with van der Waals surface area (Å²) < 4.78 is 5.12. The quantitative estimate of drug-likeness (QED) is 0.484. The molecule has 0 aromatic carbocycles. The Kier molecular flexibility index (Phi) is 4.13. The van der Waals surface area contributed by atoms with Gasteiger partial charge in [0.15, 0.2) is 0 Å². The summed E-state index contributed by atoms with van der Waals surface area (Å²) in [7, 11) is 0. The molecule has 4 heteroatoms. The second kappa shape index (κ2) is 5.44. The largest absolute Gasteiger partial charge is 0.378 e. The van der Waals surface area contributed by atoms with Gasteiger partial charge in [-0.25, -0.2) is 4.79 Å². The molecule has 0 saturated carbocycles. The van der Waals surface area contributed by atoms with Crippen molar-refractivity contribution in [2.75, 3.05) is 32.8 Å². The van der Waals surface area contributed by atoms with Crippen LogP contribution in [0.15, 0.2) is 0 Å². The van der Waals surface area contributed by atoms with Crippen molar-refractivity contribution in [3.05, 3.63) is 0 Å². The lowest BCUT2D eigenvalue weighted by Gasteiger charge is -2.26. The molecule has 0 aromatic heterocycles. The monoisotopic (exact) mass is 182 g/mol. The molecular formula is C9H14N2O2. The van der Waals surface area contributed by atoms with Crippen molar-refractivity contribution >= 4 is 6.03 Å². The second-order valence-corrected chi connectivity index (χ2v) is 2.79. The summed E-state index contributed by atoms with van der Waals surface area (Å²) in [5, 5.41) is 2.74. The van der Waals surface area contributed by atoms with Gasteiger partial charge < -0.3 is 15.0 Å². The molecule has 0 aromatic rings. The first-order chi connectivity index (χ1) is 6.34. The van der Waals surface area contributed by atoms with Crippen molar-refractivity contribution < 1.29 is 9.53 Å². The summed E-state index contributed by atoms with van der Waals surface area (Å²) >= 11 is 0. The van der Waals surface area contributed by atoms with Crippen LogP contribution in [0, 0.1) is 12.3 Å². The van der Waals surface area contributed by atoms with Crippen molar-refractivity contribution in [3.8, 4) is 12.3 Å². The number of rotatable bonds is 2. The average Bonchev–Trinajstić information content (AvgIpc) is 2.19. The molecule has 1 N–H and O–H groups in total. The van der Waals surface area contributed by atoms with E-state index in [1.54, 1.807) is 4.90 Å². The molecule has 0 spiro atoms. The number of carbonyl (C=O) groups is 1. The summed E-state index contributed by atoms with van der Waals surface area (Å²) in [6, 6.07) is -0.0430. The fourth-order valence-electron chi connectivity index (χ4n) is 1.12. The van der Waals surface area contributed by atoms with Crippen LogP contribution in [0.2, 0.25) is 0 Å². The third-order valence-corrected chi connectivity index (χ3v) is 1.84. The maximum absolute atomic E-state index is 11.4. The Hall–Kier alpha value is -1.21. The molecule has 72 valence electrons. The van der Waals surface area contributed by atoms with Gasteiger partial charge in [0.25, 0.3) is 0 Å². The molecule has 0 bridgehead atoms. The Labute approximate surface area is 78.2 Å². The Morgan fingerprint density at radius 3 is 2.85 bits per heavy atom. The van der Waals surface area contributed by atoms with Gasteiger partial charge in [-0.1, -0.05) is 0 Å². The molecule has 1 rings (SSSR count). The number of urea groups is 1. The lowest BCUT2D eigenvalue weighted by Crippen LogP contribution is -2.46. The molecule has 0 atom stereocenters. The molecule has 4 nitrogen and oxygen atoms in total. The summed E-state index contributed by atoms with van der Waals surface area (Å²) in [4.78, 5) is 13.1. The lowest BCUT2D eigenvalue weighted by molar-refractivity contribution is 0.0533. The number of nitrogens with zero attached hydrogens (tertiary/aromatic N) is 1. The molecule has 2 amide bonds. The predicted octanol–water partition coefficient (Wildman–Crippen LogP) is 0.0515. The van der Waals surface area contributed by atoms with Crippen LogP contribution >= 0.6 is 0 Å². The average molecular weight is 182 g/mol. The first kappa shape index (κ1) is 9.87. The van der Waals surface area contributed by atoms with Crippen molar-refractivity contribution in [2.24, 2.45) is 0 Å². The van der Waals surface area contributed by atoms with E-state index in [0.29, 0.717) is 39.3 Å². The SMILES string of the molecule is C#CCCNC(=O)N1CCOCC1. The highest BCUT2D eigenvalue weighted by molar-refractivity contribution is 5.74. The van der Waals surface area contributed by atoms with Crippen LogP contribution in [-0.4, -0.2) is 43.8 Å². The molecule has 1 aliphatic rings. The zero-order valence-corrected chi connectivity index (χ0v) is 7.58. The van der Waals surface area contributed by atoms with Crippen LogP contribution in [-0.2, 0) is 4.74 Å². The normalized spacial score (nSPS) is 16.4. The van der Waals surface area contributed by atoms with E-state index in [-0.39, 0.29) is 6.03 Å². The van der Waals surface area contributed by atoms with Crippen LogP contribution in [0.3, 0.4) is 0 Å². The van der Waals surface area contributed by atoms with Gasteiger partial charge in [0.2, 0.25) is 0 Å². The minimum Gasteiger partial charge on any atom is -0.378 e. The standard InChI is InChI=1S/C9H14N2O2/c1-2-3-4-10-9(12)11-5-7-13-8-6-11/h1H,3-8H2,(H,10,12). The van der Waals surface area contributed by atoms with Crippen LogP contribution in [0.1, 0.15) is 6.42 Å². The lowest BCUT2D eigenvalue weighted by atomic mass is 10.4. The van der Waals surface area contributed by atoms with Gasteiger partial charge in [0.05, 0.1) is 13.2 Å². The number of morpholine rings is 1. The van der Waals surface area contributed by atoms with Crippen LogP contribution in [0.25, 0.3) is 0 Å². The van der Waals surface area contributed by atoms with Crippen molar-refractivity contribution in [3.63, 3.8) is 0 Å². The summed E-state index contributed by atoms with van der Waals surface area (Å²) in [5.41, 5.74) is 0. The number of nitrogens with one attached hydrogen (secondary N) is 1. The number of carbonyl (C=O) groups excluding carboxylic acids is 1. The highest BCUT2D eigenvalue weighted by atomic mass is 16.5. The van der Waals surface area contributed by atoms with E-state index in [0.717, 1.165) is 0 Å². The van der Waals surface area contributed by atoms with E-state index >= 15 is 0 Å². The number of ether oxygens (including phenoxy) is 1.